The van der Waals surface area contributed by atoms with Crippen molar-refractivity contribution in [2.45, 2.75) is 19.4 Å². The minimum Gasteiger partial charge on any atom is -0.497 e. The van der Waals surface area contributed by atoms with Crippen molar-refractivity contribution in [3.05, 3.63) is 53.8 Å². The summed E-state index contributed by atoms with van der Waals surface area (Å²) in [6.07, 6.45) is 0.669. The zero-order valence-electron chi connectivity index (χ0n) is 16.9. The first-order chi connectivity index (χ1) is 14.0. The Morgan fingerprint density at radius 2 is 1.97 bits per heavy atom. The molecule has 1 aliphatic heterocycles. The summed E-state index contributed by atoms with van der Waals surface area (Å²) in [6, 6.07) is 11.9. The Bertz CT molecular complexity index is 829. The van der Waals surface area contributed by atoms with Gasteiger partial charge in [0.25, 0.3) is 5.91 Å². The van der Waals surface area contributed by atoms with E-state index < -0.39 is 5.82 Å². The van der Waals surface area contributed by atoms with Gasteiger partial charge in [0.1, 0.15) is 17.3 Å². The van der Waals surface area contributed by atoms with E-state index in [4.69, 9.17) is 15.2 Å². The van der Waals surface area contributed by atoms with Crippen LogP contribution in [-0.4, -0.2) is 56.7 Å². The van der Waals surface area contributed by atoms with Gasteiger partial charge in [0.2, 0.25) is 0 Å². The number of methoxy groups -OCH3 is 1. The maximum Gasteiger partial charge on any atom is 0.258 e. The molecule has 1 aliphatic rings. The monoisotopic (exact) mass is 401 g/mol. The molecule has 0 spiro atoms. The minimum absolute atomic E-state index is 0.0292. The molecular weight excluding hydrogens is 373 g/mol. The Morgan fingerprint density at radius 1 is 1.21 bits per heavy atom. The van der Waals surface area contributed by atoms with Crippen LogP contribution in [0, 0.1) is 5.82 Å². The third-order valence-electron chi connectivity index (χ3n) is 5.10. The molecule has 2 aromatic carbocycles. The standard InChI is InChI=1S/C22H28FN3O3/c1-16-15-25(18-5-7-19(28-2)8-6-18)11-12-26(16)22(27)20-14-17(23)4-9-21(20)29-13-3-10-24/h4-9,14,16H,3,10-13,15,24H2,1-2H3/t16-/m0/s1. The average Bonchev–Trinajstić information content (AvgIpc) is 2.74. The molecule has 0 unspecified atom stereocenters. The van der Waals surface area contributed by atoms with Crippen LogP contribution in [0.25, 0.3) is 0 Å². The van der Waals surface area contributed by atoms with Gasteiger partial charge in [-0.15, -0.1) is 0 Å². The largest absolute Gasteiger partial charge is 0.497 e. The normalized spacial score (nSPS) is 16.6. The number of hydrogen-bond donors (Lipinski definition) is 1. The van der Waals surface area contributed by atoms with E-state index >= 15 is 0 Å². The van der Waals surface area contributed by atoms with Crippen LogP contribution in [0.2, 0.25) is 0 Å². The molecule has 1 heterocycles. The highest BCUT2D eigenvalue weighted by molar-refractivity contribution is 5.97. The van der Waals surface area contributed by atoms with Crippen molar-refractivity contribution in [3.8, 4) is 11.5 Å². The van der Waals surface area contributed by atoms with Crippen molar-refractivity contribution in [1.82, 2.24) is 4.90 Å². The van der Waals surface area contributed by atoms with Crippen LogP contribution < -0.4 is 20.1 Å². The summed E-state index contributed by atoms with van der Waals surface area (Å²) in [6.45, 7) is 4.82. The van der Waals surface area contributed by atoms with Crippen LogP contribution >= 0.6 is 0 Å². The number of carbonyl (C=O) groups excluding carboxylic acids is 1. The summed E-state index contributed by atoms with van der Waals surface area (Å²) >= 11 is 0. The highest BCUT2D eigenvalue weighted by atomic mass is 19.1. The van der Waals surface area contributed by atoms with Gasteiger partial charge in [-0.3, -0.25) is 4.79 Å². The number of rotatable bonds is 7. The molecule has 2 N–H and O–H groups in total. The molecule has 6 nitrogen and oxygen atoms in total. The zero-order valence-corrected chi connectivity index (χ0v) is 16.9. The van der Waals surface area contributed by atoms with E-state index in [1.807, 2.05) is 31.2 Å². The SMILES string of the molecule is COc1ccc(N2CCN(C(=O)c3cc(F)ccc3OCCCN)[C@@H](C)C2)cc1. The molecular formula is C22H28FN3O3. The second kappa shape index (κ2) is 9.60. The lowest BCUT2D eigenvalue weighted by atomic mass is 10.1. The number of ether oxygens (including phenoxy) is 2. The molecule has 7 heteroatoms. The number of hydrogen-bond acceptors (Lipinski definition) is 5. The predicted octanol–water partition coefficient (Wildman–Crippen LogP) is 2.91. The third kappa shape index (κ3) is 4.98. The number of nitrogens with two attached hydrogens (primary N) is 1. The second-order valence-electron chi connectivity index (χ2n) is 7.12. The van der Waals surface area contributed by atoms with Crippen LogP contribution in [0.5, 0.6) is 11.5 Å². The number of benzene rings is 2. The van der Waals surface area contributed by atoms with Crippen LogP contribution in [-0.2, 0) is 0 Å². The second-order valence-corrected chi connectivity index (χ2v) is 7.12. The number of anilines is 1. The topological polar surface area (TPSA) is 68.0 Å². The first-order valence-electron chi connectivity index (χ1n) is 9.86. The fraction of sp³-hybridized carbons (Fsp3) is 0.409. The lowest BCUT2D eigenvalue weighted by Gasteiger charge is -2.41. The smallest absolute Gasteiger partial charge is 0.258 e. The highest BCUT2D eigenvalue weighted by Crippen LogP contribution is 2.26. The highest BCUT2D eigenvalue weighted by Gasteiger charge is 2.30. The summed E-state index contributed by atoms with van der Waals surface area (Å²) in [5.41, 5.74) is 6.84. The molecule has 29 heavy (non-hydrogen) atoms. The Labute approximate surface area is 171 Å². The third-order valence-corrected chi connectivity index (χ3v) is 5.10. The first kappa shape index (κ1) is 20.9. The van der Waals surface area contributed by atoms with E-state index in [9.17, 15) is 9.18 Å². The first-order valence-corrected chi connectivity index (χ1v) is 9.86. The number of amides is 1. The molecule has 156 valence electrons. The van der Waals surface area contributed by atoms with Crippen LogP contribution in [0.15, 0.2) is 42.5 Å². The molecule has 0 aromatic heterocycles. The van der Waals surface area contributed by atoms with E-state index in [0.717, 1.165) is 11.4 Å². The summed E-state index contributed by atoms with van der Waals surface area (Å²) in [7, 11) is 1.64. The molecule has 0 aliphatic carbocycles. The lowest BCUT2D eigenvalue weighted by Crippen LogP contribution is -2.54. The summed E-state index contributed by atoms with van der Waals surface area (Å²) < 4.78 is 24.7. The van der Waals surface area contributed by atoms with Crippen LogP contribution in [0.1, 0.15) is 23.7 Å². The van der Waals surface area contributed by atoms with Gasteiger partial charge < -0.3 is 25.0 Å². The van der Waals surface area contributed by atoms with Crippen molar-refractivity contribution in [3.63, 3.8) is 0 Å². The van der Waals surface area contributed by atoms with Gasteiger partial charge in [0.15, 0.2) is 0 Å². The fourth-order valence-corrected chi connectivity index (χ4v) is 3.50. The maximum absolute atomic E-state index is 13.8. The predicted molar refractivity (Wildman–Crippen MR) is 111 cm³/mol. The van der Waals surface area contributed by atoms with Gasteiger partial charge in [-0.1, -0.05) is 0 Å². The Morgan fingerprint density at radius 3 is 2.62 bits per heavy atom. The number of nitrogens with zero attached hydrogens (tertiary/aromatic N) is 2. The summed E-state index contributed by atoms with van der Waals surface area (Å²) in [5.74, 6) is 0.539. The Balaban J connectivity index is 1.71. The lowest BCUT2D eigenvalue weighted by molar-refractivity contribution is 0.0669. The average molecular weight is 401 g/mol. The number of piperazine rings is 1. The molecule has 1 saturated heterocycles. The number of carbonyl (C=O) groups is 1. The van der Waals surface area contributed by atoms with E-state index in [-0.39, 0.29) is 17.5 Å². The zero-order chi connectivity index (χ0) is 20.8. The van der Waals surface area contributed by atoms with Crippen LogP contribution in [0.3, 0.4) is 0 Å². The van der Waals surface area contributed by atoms with Crippen molar-refractivity contribution in [1.29, 1.82) is 0 Å². The molecule has 1 fully saturated rings. The van der Waals surface area contributed by atoms with Gasteiger partial charge >= 0.3 is 0 Å². The molecule has 0 radical (unpaired) electrons. The van der Waals surface area contributed by atoms with Crippen molar-refractivity contribution >= 4 is 11.6 Å². The molecule has 1 atom stereocenters. The Kier molecular flexibility index (Phi) is 6.93. The van der Waals surface area contributed by atoms with Gasteiger partial charge in [-0.05, 0) is 62.4 Å². The van der Waals surface area contributed by atoms with Gasteiger partial charge in [-0.2, -0.15) is 0 Å². The van der Waals surface area contributed by atoms with Gasteiger partial charge in [-0.25, -0.2) is 4.39 Å². The molecule has 0 bridgehead atoms. The maximum atomic E-state index is 13.8. The molecule has 3 rings (SSSR count). The van der Waals surface area contributed by atoms with E-state index in [0.29, 0.717) is 45.0 Å². The quantitative estimate of drug-likeness (QED) is 0.723. The van der Waals surface area contributed by atoms with Gasteiger partial charge in [0, 0.05) is 31.4 Å². The van der Waals surface area contributed by atoms with E-state index in [1.54, 1.807) is 12.0 Å². The summed E-state index contributed by atoms with van der Waals surface area (Å²) in [5, 5.41) is 0. The van der Waals surface area contributed by atoms with Crippen molar-refractivity contribution in [2.24, 2.45) is 5.73 Å². The molecule has 0 saturated carbocycles. The molecule has 2 aromatic rings. The fourth-order valence-electron chi connectivity index (χ4n) is 3.50. The van der Waals surface area contributed by atoms with Crippen LogP contribution in [0.4, 0.5) is 10.1 Å². The van der Waals surface area contributed by atoms with Gasteiger partial charge in [0.05, 0.1) is 19.3 Å². The Hall–Kier alpha value is -2.80. The minimum atomic E-state index is -0.455. The van der Waals surface area contributed by atoms with Crippen molar-refractivity contribution < 1.29 is 18.7 Å². The molecule has 1 amide bonds. The van der Waals surface area contributed by atoms with Crippen molar-refractivity contribution in [2.75, 3.05) is 44.8 Å². The van der Waals surface area contributed by atoms with E-state index in [2.05, 4.69) is 4.90 Å². The summed E-state index contributed by atoms with van der Waals surface area (Å²) in [4.78, 5) is 17.2. The number of halogens is 1. The van der Waals surface area contributed by atoms with E-state index in [1.165, 1.54) is 18.2 Å².